The van der Waals surface area contributed by atoms with Crippen molar-refractivity contribution < 1.29 is 18.0 Å². The summed E-state index contributed by atoms with van der Waals surface area (Å²) in [6.45, 7) is 8.66. The summed E-state index contributed by atoms with van der Waals surface area (Å²) in [5.41, 5.74) is 2.66. The molecule has 10 heteroatoms. The molecule has 2 atom stereocenters. The minimum Gasteiger partial charge on any atom is -0.352 e. The highest BCUT2D eigenvalue weighted by atomic mass is 35.5. The molecule has 0 saturated heterocycles. The van der Waals surface area contributed by atoms with E-state index in [9.17, 15) is 18.0 Å². The highest BCUT2D eigenvalue weighted by molar-refractivity contribution is 7.92. The molecule has 192 valence electrons. The molecule has 1 N–H and O–H groups in total. The fourth-order valence-electron chi connectivity index (χ4n) is 3.48. The summed E-state index contributed by atoms with van der Waals surface area (Å²) in [5, 5.41) is 3.68. The minimum absolute atomic E-state index is 0.00826. The number of carbonyl (C=O) groups is 2. The Bertz CT molecular complexity index is 1190. The minimum atomic E-state index is -3.80. The van der Waals surface area contributed by atoms with Gasteiger partial charge in [-0.25, -0.2) is 8.42 Å². The summed E-state index contributed by atoms with van der Waals surface area (Å²) in [7, 11) is -3.80. The topological polar surface area (TPSA) is 86.8 Å². The van der Waals surface area contributed by atoms with Gasteiger partial charge in [0.05, 0.1) is 11.9 Å². The van der Waals surface area contributed by atoms with Gasteiger partial charge in [-0.1, -0.05) is 48.3 Å². The number of nitrogens with one attached hydrogen (secondary N) is 1. The van der Waals surface area contributed by atoms with Gasteiger partial charge in [0, 0.05) is 22.6 Å². The van der Waals surface area contributed by atoms with Crippen molar-refractivity contribution in [2.75, 3.05) is 17.1 Å². The molecule has 0 spiro atoms. The van der Waals surface area contributed by atoms with Crippen LogP contribution < -0.4 is 9.62 Å². The average Bonchev–Trinajstić information content (AvgIpc) is 2.77. The van der Waals surface area contributed by atoms with E-state index in [1.54, 1.807) is 44.2 Å². The average molecular weight is 543 g/mol. The maximum atomic E-state index is 13.6. The first-order valence-corrected chi connectivity index (χ1v) is 13.9. The van der Waals surface area contributed by atoms with Crippen LogP contribution >= 0.6 is 23.2 Å². The van der Waals surface area contributed by atoms with Gasteiger partial charge in [-0.2, -0.15) is 0 Å². The lowest BCUT2D eigenvalue weighted by Crippen LogP contribution is -2.52. The fourth-order valence-corrected chi connectivity index (χ4v) is 4.85. The molecule has 0 aliphatic heterocycles. The van der Waals surface area contributed by atoms with Gasteiger partial charge in [-0.05, 0) is 69.0 Å². The number of hydrogen-bond donors (Lipinski definition) is 1. The smallest absolute Gasteiger partial charge is 0.244 e. The second-order valence-electron chi connectivity index (χ2n) is 8.74. The first-order chi connectivity index (χ1) is 16.3. The number of benzene rings is 2. The van der Waals surface area contributed by atoms with Crippen molar-refractivity contribution in [2.45, 2.75) is 59.7 Å². The van der Waals surface area contributed by atoms with Crippen molar-refractivity contribution in [3.63, 3.8) is 0 Å². The molecular formula is C25H33Cl2N3O4S. The molecule has 7 nitrogen and oxygen atoms in total. The van der Waals surface area contributed by atoms with Gasteiger partial charge >= 0.3 is 0 Å². The van der Waals surface area contributed by atoms with Crippen LogP contribution in [-0.2, 0) is 26.2 Å². The predicted octanol–water partition coefficient (Wildman–Crippen LogP) is 4.71. The Labute approximate surface area is 218 Å². The standard InChI is InChI=1S/C25H33Cl2N3O4S/c1-7-17(3)28-25(32)19(5)29(14-20-11-12-21(26)13-22(20)27)24(31)15-30(35(6,33)34)23-10-8-9-16(2)18(23)4/h8-13,17,19H,7,14-15H2,1-6H3,(H,28,32)/t17-,19-/m0/s1. The summed E-state index contributed by atoms with van der Waals surface area (Å²) in [6.07, 6.45) is 1.78. The van der Waals surface area contributed by atoms with E-state index < -0.39 is 28.5 Å². The van der Waals surface area contributed by atoms with Crippen LogP contribution in [-0.4, -0.2) is 50.0 Å². The summed E-state index contributed by atoms with van der Waals surface area (Å²) in [5.74, 6) is -0.871. The maximum Gasteiger partial charge on any atom is 0.244 e. The highest BCUT2D eigenvalue weighted by Gasteiger charge is 2.31. The van der Waals surface area contributed by atoms with Gasteiger partial charge in [0.15, 0.2) is 0 Å². The predicted molar refractivity (Wildman–Crippen MR) is 142 cm³/mol. The number of carbonyl (C=O) groups excluding carboxylic acids is 2. The number of aryl methyl sites for hydroxylation is 1. The SMILES string of the molecule is CC[C@H](C)NC(=O)[C@H](C)N(Cc1ccc(Cl)cc1Cl)C(=O)CN(c1cccc(C)c1C)S(C)(=O)=O. The van der Waals surface area contributed by atoms with Crippen LogP contribution in [0.3, 0.4) is 0 Å². The first kappa shape index (κ1) is 28.9. The van der Waals surface area contributed by atoms with Crippen LogP contribution in [0.4, 0.5) is 5.69 Å². The molecule has 0 unspecified atom stereocenters. The molecule has 0 heterocycles. The van der Waals surface area contributed by atoms with E-state index in [2.05, 4.69) is 5.32 Å². The van der Waals surface area contributed by atoms with E-state index >= 15 is 0 Å². The van der Waals surface area contributed by atoms with Gasteiger partial charge in [0.25, 0.3) is 0 Å². The van der Waals surface area contributed by atoms with Gasteiger partial charge in [-0.3, -0.25) is 13.9 Å². The van der Waals surface area contributed by atoms with Crippen molar-refractivity contribution in [1.82, 2.24) is 10.2 Å². The largest absolute Gasteiger partial charge is 0.352 e. The number of sulfonamides is 1. The van der Waals surface area contributed by atoms with Crippen molar-refractivity contribution in [2.24, 2.45) is 0 Å². The fraction of sp³-hybridized carbons (Fsp3) is 0.440. The molecule has 0 aliphatic carbocycles. The van der Waals surface area contributed by atoms with E-state index in [1.165, 1.54) is 4.90 Å². The zero-order valence-corrected chi connectivity index (χ0v) is 23.3. The van der Waals surface area contributed by atoms with Crippen molar-refractivity contribution >= 4 is 50.7 Å². The normalized spacial score (nSPS) is 13.1. The molecule has 2 rings (SSSR count). The number of amides is 2. The molecule has 2 aromatic carbocycles. The molecular weight excluding hydrogens is 509 g/mol. The Hall–Kier alpha value is -2.29. The first-order valence-electron chi connectivity index (χ1n) is 11.3. The number of hydrogen-bond acceptors (Lipinski definition) is 4. The number of rotatable bonds is 10. The number of halogens is 2. The second kappa shape index (κ2) is 12.1. The molecule has 0 radical (unpaired) electrons. The van der Waals surface area contributed by atoms with Gasteiger partial charge in [-0.15, -0.1) is 0 Å². The highest BCUT2D eigenvalue weighted by Crippen LogP contribution is 2.27. The third kappa shape index (κ3) is 7.59. The van der Waals surface area contributed by atoms with E-state index in [4.69, 9.17) is 23.2 Å². The Morgan fingerprint density at radius 2 is 1.74 bits per heavy atom. The lowest BCUT2D eigenvalue weighted by molar-refractivity contribution is -0.139. The van der Waals surface area contributed by atoms with E-state index in [-0.39, 0.29) is 18.5 Å². The van der Waals surface area contributed by atoms with Crippen LogP contribution in [0, 0.1) is 13.8 Å². The number of nitrogens with zero attached hydrogens (tertiary/aromatic N) is 2. The van der Waals surface area contributed by atoms with Crippen molar-refractivity contribution in [1.29, 1.82) is 0 Å². The summed E-state index contributed by atoms with van der Waals surface area (Å²) < 4.78 is 26.5. The lowest BCUT2D eigenvalue weighted by Gasteiger charge is -2.32. The van der Waals surface area contributed by atoms with Crippen LogP contribution in [0.2, 0.25) is 10.0 Å². The second-order valence-corrected chi connectivity index (χ2v) is 11.5. The summed E-state index contributed by atoms with van der Waals surface area (Å²) in [6, 6.07) is 9.22. The van der Waals surface area contributed by atoms with Crippen molar-refractivity contribution in [3.8, 4) is 0 Å². The Kier molecular flexibility index (Phi) is 10.0. The van der Waals surface area contributed by atoms with E-state index in [1.807, 2.05) is 26.8 Å². The Balaban J connectivity index is 2.47. The summed E-state index contributed by atoms with van der Waals surface area (Å²) >= 11 is 12.4. The number of anilines is 1. The Morgan fingerprint density at radius 3 is 2.31 bits per heavy atom. The van der Waals surface area contributed by atoms with Gasteiger partial charge in [0.2, 0.25) is 21.8 Å². The Morgan fingerprint density at radius 1 is 1.09 bits per heavy atom. The molecule has 35 heavy (non-hydrogen) atoms. The molecule has 0 saturated carbocycles. The summed E-state index contributed by atoms with van der Waals surface area (Å²) in [4.78, 5) is 27.9. The lowest BCUT2D eigenvalue weighted by atomic mass is 10.1. The van der Waals surface area contributed by atoms with Crippen LogP contribution in [0.25, 0.3) is 0 Å². The maximum absolute atomic E-state index is 13.6. The van der Waals surface area contributed by atoms with E-state index in [0.717, 1.165) is 28.1 Å². The third-order valence-corrected chi connectivity index (χ3v) is 7.76. The van der Waals surface area contributed by atoms with Crippen LogP contribution in [0.15, 0.2) is 36.4 Å². The molecule has 2 amide bonds. The zero-order chi connectivity index (χ0) is 26.5. The van der Waals surface area contributed by atoms with Crippen LogP contribution in [0.1, 0.15) is 43.9 Å². The molecule has 0 fully saturated rings. The quantitative estimate of drug-likeness (QED) is 0.471. The van der Waals surface area contributed by atoms with Crippen molar-refractivity contribution in [3.05, 3.63) is 63.1 Å². The van der Waals surface area contributed by atoms with Gasteiger partial charge in [0.1, 0.15) is 12.6 Å². The molecule has 0 bridgehead atoms. The molecule has 2 aromatic rings. The molecule has 0 aliphatic rings. The monoisotopic (exact) mass is 541 g/mol. The zero-order valence-electron chi connectivity index (χ0n) is 20.9. The van der Waals surface area contributed by atoms with E-state index in [0.29, 0.717) is 21.3 Å². The van der Waals surface area contributed by atoms with Gasteiger partial charge < -0.3 is 10.2 Å². The van der Waals surface area contributed by atoms with Crippen LogP contribution in [0.5, 0.6) is 0 Å². The molecule has 0 aromatic heterocycles. The third-order valence-electron chi connectivity index (χ3n) is 6.05.